The van der Waals surface area contributed by atoms with E-state index in [1.807, 2.05) is 24.4 Å². The molecule has 0 aliphatic heterocycles. The minimum absolute atomic E-state index is 0.294. The molecular formula is C17H18N2O4S2. The number of carboxylic acids is 1. The number of carbonyl (C=O) groups is 1. The van der Waals surface area contributed by atoms with Gasteiger partial charge in [-0.2, -0.15) is 0 Å². The number of aliphatic carboxylic acids is 1. The standard InChI is InChI=1S/C17H18N2O4S2/c1-3-10-14(11-5-4-8-24-11)15-16(25-10)18-12(6-7-23-2)19(17(15)22)9-13(20)21/h4-5,8H,3,6-7,9H2,1-2H3,(H,20,21). The maximum atomic E-state index is 13.1. The first-order valence-electron chi connectivity index (χ1n) is 7.86. The molecule has 0 fully saturated rings. The predicted octanol–water partition coefficient (Wildman–Crippen LogP) is 3.02. The molecule has 3 aromatic heterocycles. The van der Waals surface area contributed by atoms with Gasteiger partial charge in [-0.3, -0.25) is 14.2 Å². The van der Waals surface area contributed by atoms with Crippen molar-refractivity contribution in [2.75, 3.05) is 13.7 Å². The molecule has 0 aliphatic rings. The first-order valence-corrected chi connectivity index (χ1v) is 9.56. The Morgan fingerprint density at radius 1 is 1.44 bits per heavy atom. The average Bonchev–Trinajstić information content (AvgIpc) is 3.22. The van der Waals surface area contributed by atoms with Gasteiger partial charge in [0.25, 0.3) is 5.56 Å². The van der Waals surface area contributed by atoms with Gasteiger partial charge < -0.3 is 9.84 Å². The van der Waals surface area contributed by atoms with Gasteiger partial charge in [0.2, 0.25) is 0 Å². The monoisotopic (exact) mass is 378 g/mol. The minimum Gasteiger partial charge on any atom is -0.480 e. The number of nitrogens with zero attached hydrogens (tertiary/aromatic N) is 2. The fourth-order valence-corrected chi connectivity index (χ4v) is 4.79. The molecule has 0 bridgehead atoms. The van der Waals surface area contributed by atoms with Crippen LogP contribution in [-0.4, -0.2) is 34.3 Å². The highest BCUT2D eigenvalue weighted by molar-refractivity contribution is 7.20. The molecular weight excluding hydrogens is 360 g/mol. The van der Waals surface area contributed by atoms with Crippen molar-refractivity contribution in [3.05, 3.63) is 38.6 Å². The molecule has 8 heteroatoms. The van der Waals surface area contributed by atoms with Gasteiger partial charge >= 0.3 is 5.97 Å². The number of aromatic nitrogens is 2. The highest BCUT2D eigenvalue weighted by Gasteiger charge is 2.22. The van der Waals surface area contributed by atoms with Gasteiger partial charge in [0.15, 0.2) is 0 Å². The summed E-state index contributed by atoms with van der Waals surface area (Å²) in [6.07, 6.45) is 1.18. The van der Waals surface area contributed by atoms with Gasteiger partial charge in [-0.05, 0) is 17.9 Å². The number of fused-ring (bicyclic) bond motifs is 1. The van der Waals surface area contributed by atoms with Crippen LogP contribution in [0.3, 0.4) is 0 Å². The predicted molar refractivity (Wildman–Crippen MR) is 99.8 cm³/mol. The normalized spacial score (nSPS) is 11.3. The third-order valence-corrected chi connectivity index (χ3v) is 5.99. The van der Waals surface area contributed by atoms with Crippen molar-refractivity contribution in [2.45, 2.75) is 26.3 Å². The van der Waals surface area contributed by atoms with Gasteiger partial charge in [0.05, 0.1) is 12.0 Å². The summed E-state index contributed by atoms with van der Waals surface area (Å²) >= 11 is 3.07. The van der Waals surface area contributed by atoms with Crippen molar-refractivity contribution in [3.8, 4) is 10.4 Å². The molecule has 0 aromatic carbocycles. The second-order valence-electron chi connectivity index (χ2n) is 5.47. The van der Waals surface area contributed by atoms with Crippen LogP contribution in [0.25, 0.3) is 20.7 Å². The molecule has 0 saturated carbocycles. The van der Waals surface area contributed by atoms with E-state index in [0.29, 0.717) is 29.1 Å². The summed E-state index contributed by atoms with van der Waals surface area (Å²) in [7, 11) is 1.56. The smallest absolute Gasteiger partial charge is 0.323 e. The lowest BCUT2D eigenvalue weighted by Gasteiger charge is -2.10. The van der Waals surface area contributed by atoms with Gasteiger partial charge in [-0.1, -0.05) is 13.0 Å². The van der Waals surface area contributed by atoms with E-state index in [9.17, 15) is 14.7 Å². The molecule has 0 radical (unpaired) electrons. The number of thiophene rings is 2. The van der Waals surface area contributed by atoms with Crippen LogP contribution >= 0.6 is 22.7 Å². The molecule has 0 saturated heterocycles. The minimum atomic E-state index is -1.06. The lowest BCUT2D eigenvalue weighted by Crippen LogP contribution is -2.29. The fraction of sp³-hybridized carbons (Fsp3) is 0.353. The maximum Gasteiger partial charge on any atom is 0.323 e. The maximum absolute atomic E-state index is 13.1. The molecule has 3 heterocycles. The second kappa shape index (κ2) is 7.47. The first kappa shape index (κ1) is 17.8. The largest absolute Gasteiger partial charge is 0.480 e. The molecule has 0 aliphatic carbocycles. The number of carboxylic acid groups (broad SMARTS) is 1. The van der Waals surface area contributed by atoms with E-state index < -0.39 is 12.5 Å². The SMILES string of the molecule is CCc1sc2nc(CCOC)n(CC(=O)O)c(=O)c2c1-c1cccs1. The lowest BCUT2D eigenvalue weighted by molar-refractivity contribution is -0.137. The summed E-state index contributed by atoms with van der Waals surface area (Å²) < 4.78 is 6.33. The summed E-state index contributed by atoms with van der Waals surface area (Å²) in [6.45, 7) is 2.02. The summed E-state index contributed by atoms with van der Waals surface area (Å²) in [6, 6.07) is 3.92. The molecule has 0 spiro atoms. The third kappa shape index (κ3) is 3.37. The second-order valence-corrected chi connectivity index (χ2v) is 7.50. The van der Waals surface area contributed by atoms with Crippen LogP contribution in [0, 0.1) is 0 Å². The van der Waals surface area contributed by atoms with E-state index in [1.54, 1.807) is 18.4 Å². The Labute approximate surface area is 152 Å². The van der Waals surface area contributed by atoms with E-state index in [4.69, 9.17) is 4.74 Å². The highest BCUT2D eigenvalue weighted by Crippen LogP contribution is 2.38. The number of aryl methyl sites for hydroxylation is 1. The fourth-order valence-electron chi connectivity index (χ4n) is 2.78. The van der Waals surface area contributed by atoms with Crippen molar-refractivity contribution in [1.82, 2.24) is 9.55 Å². The molecule has 0 atom stereocenters. The highest BCUT2D eigenvalue weighted by atomic mass is 32.1. The van der Waals surface area contributed by atoms with Crippen molar-refractivity contribution >= 4 is 38.9 Å². The number of ether oxygens (including phenoxy) is 1. The molecule has 25 heavy (non-hydrogen) atoms. The summed E-state index contributed by atoms with van der Waals surface area (Å²) in [5, 5.41) is 11.7. The Morgan fingerprint density at radius 3 is 2.84 bits per heavy atom. The van der Waals surface area contributed by atoms with Crippen molar-refractivity contribution in [1.29, 1.82) is 0 Å². The van der Waals surface area contributed by atoms with Crippen LogP contribution in [0.2, 0.25) is 0 Å². The number of rotatable bonds is 7. The van der Waals surface area contributed by atoms with E-state index in [1.165, 1.54) is 15.9 Å². The van der Waals surface area contributed by atoms with E-state index in [-0.39, 0.29) is 5.56 Å². The van der Waals surface area contributed by atoms with Crippen molar-refractivity contribution in [2.24, 2.45) is 0 Å². The van der Waals surface area contributed by atoms with Gasteiger partial charge in [0.1, 0.15) is 17.2 Å². The van der Waals surface area contributed by atoms with Crippen LogP contribution < -0.4 is 5.56 Å². The Hall–Kier alpha value is -2.03. The molecule has 6 nitrogen and oxygen atoms in total. The summed E-state index contributed by atoms with van der Waals surface area (Å²) in [5.74, 6) is -0.617. The first-order chi connectivity index (χ1) is 12.1. The zero-order valence-electron chi connectivity index (χ0n) is 13.9. The number of methoxy groups -OCH3 is 1. The Kier molecular flexibility index (Phi) is 5.31. The zero-order chi connectivity index (χ0) is 18.0. The van der Waals surface area contributed by atoms with E-state index in [0.717, 1.165) is 21.7 Å². The van der Waals surface area contributed by atoms with Gasteiger partial charge in [0, 0.05) is 28.8 Å². The van der Waals surface area contributed by atoms with Crippen molar-refractivity contribution in [3.63, 3.8) is 0 Å². The Morgan fingerprint density at radius 2 is 2.24 bits per heavy atom. The van der Waals surface area contributed by atoms with Gasteiger partial charge in [-0.15, -0.1) is 22.7 Å². The van der Waals surface area contributed by atoms with Crippen LogP contribution in [0.4, 0.5) is 0 Å². The quantitative estimate of drug-likeness (QED) is 0.683. The van der Waals surface area contributed by atoms with Crippen LogP contribution in [0.1, 0.15) is 17.6 Å². The topological polar surface area (TPSA) is 81.4 Å². The van der Waals surface area contributed by atoms with Crippen LogP contribution in [0.5, 0.6) is 0 Å². The molecule has 0 unspecified atom stereocenters. The Balaban J connectivity index is 2.31. The van der Waals surface area contributed by atoms with E-state index in [2.05, 4.69) is 4.98 Å². The van der Waals surface area contributed by atoms with Crippen LogP contribution in [-0.2, 0) is 28.9 Å². The lowest BCUT2D eigenvalue weighted by atomic mass is 10.1. The average molecular weight is 378 g/mol. The summed E-state index contributed by atoms with van der Waals surface area (Å²) in [4.78, 5) is 31.7. The molecule has 3 rings (SSSR count). The van der Waals surface area contributed by atoms with Crippen LogP contribution in [0.15, 0.2) is 22.3 Å². The summed E-state index contributed by atoms with van der Waals surface area (Å²) in [5.41, 5.74) is 0.602. The third-order valence-electron chi connectivity index (χ3n) is 3.88. The number of hydrogen-bond acceptors (Lipinski definition) is 6. The van der Waals surface area contributed by atoms with E-state index >= 15 is 0 Å². The zero-order valence-corrected chi connectivity index (χ0v) is 15.6. The molecule has 1 N–H and O–H groups in total. The molecule has 132 valence electrons. The number of hydrogen-bond donors (Lipinski definition) is 1. The van der Waals surface area contributed by atoms with Crippen molar-refractivity contribution < 1.29 is 14.6 Å². The Bertz CT molecular complexity index is 957. The molecule has 0 amide bonds. The molecule has 3 aromatic rings. The van der Waals surface area contributed by atoms with Gasteiger partial charge in [-0.25, -0.2) is 4.98 Å².